The minimum absolute atomic E-state index is 0.319. The van der Waals surface area contributed by atoms with Crippen LogP contribution in [-0.4, -0.2) is 47.1 Å². The largest absolute Gasteiger partial charge is 0.354 e. The third kappa shape index (κ3) is 7.52. The maximum absolute atomic E-state index is 12.3. The Morgan fingerprint density at radius 2 is 1.78 bits per heavy atom. The van der Waals surface area contributed by atoms with Crippen LogP contribution in [0.15, 0.2) is 18.2 Å². The Kier molecular flexibility index (Phi) is 9.51. The number of aromatic nitrogens is 3. The highest BCUT2D eigenvalue weighted by Gasteiger charge is 2.24. The Morgan fingerprint density at radius 1 is 1.03 bits per heavy atom. The maximum Gasteiger partial charge on any atom is 0.274 e. The molecule has 2 aromatic rings. The molecule has 4 rings (SSSR count). The molecule has 3 unspecified atom stereocenters. The van der Waals surface area contributed by atoms with Crippen LogP contribution in [0, 0.1) is 24.7 Å². The number of carbonyl (C=O) groups is 1. The quantitative estimate of drug-likeness (QED) is 0.295. The van der Waals surface area contributed by atoms with Crippen molar-refractivity contribution in [1.29, 1.82) is 0 Å². The van der Waals surface area contributed by atoms with Crippen molar-refractivity contribution in [2.24, 2.45) is 23.5 Å². The third-order valence-corrected chi connectivity index (χ3v) is 7.78. The van der Waals surface area contributed by atoms with Gasteiger partial charge in [-0.2, -0.15) is 15.0 Å². The number of nitrogens with two attached hydrogens (primary N) is 1. The fourth-order valence-electron chi connectivity index (χ4n) is 5.48. The molecule has 10 heteroatoms. The summed E-state index contributed by atoms with van der Waals surface area (Å²) >= 11 is 0. The number of hydrogen-bond acceptors (Lipinski definition) is 9. The number of benzene rings is 1. The van der Waals surface area contributed by atoms with Gasteiger partial charge in [0, 0.05) is 23.8 Å². The van der Waals surface area contributed by atoms with Gasteiger partial charge in [0.1, 0.15) is 0 Å². The third-order valence-electron chi connectivity index (χ3n) is 7.78. The van der Waals surface area contributed by atoms with E-state index in [1.54, 1.807) is 12.1 Å². The lowest BCUT2D eigenvalue weighted by Gasteiger charge is -2.30. The number of nitrogens with zero attached hydrogens (tertiary/aromatic N) is 3. The van der Waals surface area contributed by atoms with Gasteiger partial charge >= 0.3 is 0 Å². The Morgan fingerprint density at radius 3 is 2.57 bits per heavy atom. The minimum atomic E-state index is -0.319. The van der Waals surface area contributed by atoms with Crippen molar-refractivity contribution in [3.05, 3.63) is 29.3 Å². The zero-order chi connectivity index (χ0) is 26.2. The van der Waals surface area contributed by atoms with Gasteiger partial charge in [-0.25, -0.2) is 5.48 Å². The second-order valence-corrected chi connectivity index (χ2v) is 10.6. The highest BCUT2D eigenvalue weighted by atomic mass is 16.6. The number of nitrogens with one attached hydrogen (secondary N) is 4. The molecule has 2 saturated carbocycles. The fraction of sp³-hybridized carbons (Fsp3) is 0.630. The van der Waals surface area contributed by atoms with Crippen molar-refractivity contribution >= 4 is 29.4 Å². The molecule has 10 nitrogen and oxygen atoms in total. The van der Waals surface area contributed by atoms with Crippen LogP contribution in [0.5, 0.6) is 0 Å². The topological polar surface area (TPSA) is 139 Å². The number of rotatable bonds is 10. The van der Waals surface area contributed by atoms with Gasteiger partial charge in [0.15, 0.2) is 0 Å². The average Bonchev–Trinajstić information content (AvgIpc) is 2.90. The summed E-state index contributed by atoms with van der Waals surface area (Å²) in [7, 11) is 1.41. The van der Waals surface area contributed by atoms with Crippen molar-refractivity contribution in [1.82, 2.24) is 20.4 Å². The highest BCUT2D eigenvalue weighted by Crippen LogP contribution is 2.29. The van der Waals surface area contributed by atoms with Crippen LogP contribution in [-0.2, 0) is 4.84 Å². The summed E-state index contributed by atoms with van der Waals surface area (Å²) in [6.45, 7) is 5.82. The molecule has 6 N–H and O–H groups in total. The van der Waals surface area contributed by atoms with E-state index in [4.69, 9.17) is 20.5 Å². The number of hydroxylamine groups is 1. The molecule has 4 atom stereocenters. The molecule has 0 bridgehead atoms. The Labute approximate surface area is 219 Å². The van der Waals surface area contributed by atoms with Crippen molar-refractivity contribution in [2.75, 3.05) is 36.1 Å². The maximum atomic E-state index is 12.3. The molecular weight excluding hydrogens is 468 g/mol. The molecule has 1 amide bonds. The molecule has 0 saturated heterocycles. The summed E-state index contributed by atoms with van der Waals surface area (Å²) in [5, 5.41) is 10.4. The number of aryl methyl sites for hydroxylation is 1. The van der Waals surface area contributed by atoms with Crippen LogP contribution in [0.1, 0.15) is 74.2 Å². The summed E-state index contributed by atoms with van der Waals surface area (Å²) in [6.07, 6.45) is 9.57. The van der Waals surface area contributed by atoms with Crippen molar-refractivity contribution in [3.8, 4) is 0 Å². The molecule has 202 valence electrons. The molecule has 0 aliphatic heterocycles. The van der Waals surface area contributed by atoms with E-state index in [-0.39, 0.29) is 5.91 Å². The number of hydrogen-bond donors (Lipinski definition) is 5. The minimum Gasteiger partial charge on any atom is -0.354 e. The van der Waals surface area contributed by atoms with Gasteiger partial charge in [0.05, 0.1) is 7.11 Å². The van der Waals surface area contributed by atoms with Crippen LogP contribution >= 0.6 is 0 Å². The van der Waals surface area contributed by atoms with E-state index in [9.17, 15) is 4.79 Å². The first-order valence-electron chi connectivity index (χ1n) is 13.6. The van der Waals surface area contributed by atoms with E-state index in [1.807, 2.05) is 13.0 Å². The summed E-state index contributed by atoms with van der Waals surface area (Å²) in [6, 6.07) is 5.74. The summed E-state index contributed by atoms with van der Waals surface area (Å²) < 4.78 is 0. The lowest BCUT2D eigenvalue weighted by atomic mass is 9.81. The first-order chi connectivity index (χ1) is 17.9. The molecule has 37 heavy (non-hydrogen) atoms. The lowest BCUT2D eigenvalue weighted by Crippen LogP contribution is -2.31. The Hall–Kier alpha value is -2.98. The van der Waals surface area contributed by atoms with Gasteiger partial charge in [-0.1, -0.05) is 32.3 Å². The first-order valence-corrected chi connectivity index (χ1v) is 13.6. The molecule has 0 radical (unpaired) electrons. The normalized spacial score (nSPS) is 23.8. The smallest absolute Gasteiger partial charge is 0.274 e. The van der Waals surface area contributed by atoms with E-state index in [0.29, 0.717) is 47.2 Å². The number of amides is 1. The molecule has 2 fully saturated rings. The van der Waals surface area contributed by atoms with Gasteiger partial charge in [0.25, 0.3) is 5.91 Å². The van der Waals surface area contributed by atoms with E-state index >= 15 is 0 Å². The van der Waals surface area contributed by atoms with Crippen LogP contribution in [0.3, 0.4) is 0 Å². The molecule has 2 aliphatic rings. The standard InChI is InChI=1S/C27H42N8O2/c1-17-7-4-5-10-22(17)30-26-32-25(29-16-20-9-6-8-19(13-20)15-28)33-27(34-26)31-23-14-21(12-11-18(23)2)24(36)35-37-3/h11-12,14,17,19-20,22H,4-10,13,15-16,28H2,1-3H3,(H,35,36)(H3,29,30,31,32,33,34)/t17-,19?,20?,22?/m0/s1. The van der Waals surface area contributed by atoms with E-state index in [1.165, 1.54) is 45.6 Å². The van der Waals surface area contributed by atoms with Crippen LogP contribution in [0.25, 0.3) is 0 Å². The Bertz CT molecular complexity index is 1050. The summed E-state index contributed by atoms with van der Waals surface area (Å²) in [5.41, 5.74) is 10.5. The predicted molar refractivity (Wildman–Crippen MR) is 147 cm³/mol. The second-order valence-electron chi connectivity index (χ2n) is 10.6. The van der Waals surface area contributed by atoms with Gasteiger partial charge < -0.3 is 21.7 Å². The van der Waals surface area contributed by atoms with E-state index in [2.05, 4.69) is 33.3 Å². The zero-order valence-electron chi connectivity index (χ0n) is 22.3. The molecule has 2 aliphatic carbocycles. The van der Waals surface area contributed by atoms with Gasteiger partial charge in [-0.05, 0) is 81.0 Å². The van der Waals surface area contributed by atoms with Gasteiger partial charge in [-0.3, -0.25) is 9.63 Å². The SMILES string of the molecule is CONC(=O)c1ccc(C)c(Nc2nc(NCC3CCCC(CN)C3)nc(NC3CCCC[C@@H]3C)n2)c1. The summed E-state index contributed by atoms with van der Waals surface area (Å²) in [4.78, 5) is 31.2. The highest BCUT2D eigenvalue weighted by molar-refractivity contribution is 5.94. The van der Waals surface area contributed by atoms with Crippen LogP contribution < -0.4 is 27.2 Å². The number of anilines is 4. The van der Waals surface area contributed by atoms with Crippen LogP contribution in [0.4, 0.5) is 23.5 Å². The summed E-state index contributed by atoms with van der Waals surface area (Å²) in [5.74, 6) is 2.94. The number of carbonyl (C=O) groups excluding carboxylic acids is 1. The fourth-order valence-corrected chi connectivity index (χ4v) is 5.48. The first kappa shape index (κ1) is 27.1. The molecule has 1 aromatic heterocycles. The average molecular weight is 511 g/mol. The van der Waals surface area contributed by atoms with Crippen molar-refractivity contribution < 1.29 is 9.63 Å². The second kappa shape index (κ2) is 13.0. The predicted octanol–water partition coefficient (Wildman–Crippen LogP) is 4.38. The monoisotopic (exact) mass is 510 g/mol. The Balaban J connectivity index is 1.55. The molecule has 1 aromatic carbocycles. The van der Waals surface area contributed by atoms with Gasteiger partial charge in [0.2, 0.25) is 17.8 Å². The van der Waals surface area contributed by atoms with E-state index in [0.717, 1.165) is 37.2 Å². The molecule has 0 spiro atoms. The van der Waals surface area contributed by atoms with Gasteiger partial charge in [-0.15, -0.1) is 0 Å². The molecule has 1 heterocycles. The molecular formula is C27H42N8O2. The van der Waals surface area contributed by atoms with Crippen LogP contribution in [0.2, 0.25) is 0 Å². The van der Waals surface area contributed by atoms with E-state index < -0.39 is 0 Å². The van der Waals surface area contributed by atoms with Crippen molar-refractivity contribution in [2.45, 2.75) is 71.3 Å². The zero-order valence-corrected chi connectivity index (χ0v) is 22.3. The lowest BCUT2D eigenvalue weighted by molar-refractivity contribution is 0.0537. The van der Waals surface area contributed by atoms with Crippen molar-refractivity contribution in [3.63, 3.8) is 0 Å².